The molecule has 5 rings (SSSR count). The van der Waals surface area contributed by atoms with Crippen molar-refractivity contribution >= 4 is 34.7 Å². The summed E-state index contributed by atoms with van der Waals surface area (Å²) < 4.78 is 15.3. The van der Waals surface area contributed by atoms with E-state index in [9.17, 15) is 9.18 Å². The van der Waals surface area contributed by atoms with Crippen LogP contribution in [0.3, 0.4) is 0 Å². The molecule has 28 heavy (non-hydrogen) atoms. The number of amides is 1. The van der Waals surface area contributed by atoms with Crippen LogP contribution in [-0.4, -0.2) is 30.9 Å². The highest BCUT2D eigenvalue weighted by Gasteiger charge is 2.36. The Morgan fingerprint density at radius 1 is 1.14 bits per heavy atom. The fourth-order valence-corrected chi connectivity index (χ4v) is 4.66. The second-order valence-corrected chi connectivity index (χ2v) is 8.97. The second kappa shape index (κ2) is 7.25. The Hall–Kier alpha value is -2.33. The van der Waals surface area contributed by atoms with E-state index in [-0.39, 0.29) is 16.7 Å². The highest BCUT2D eigenvalue weighted by Crippen LogP contribution is 2.46. The van der Waals surface area contributed by atoms with Gasteiger partial charge < -0.3 is 9.88 Å². The molecule has 2 aliphatic rings. The summed E-state index contributed by atoms with van der Waals surface area (Å²) in [6, 6.07) is 6.15. The van der Waals surface area contributed by atoms with E-state index in [1.165, 1.54) is 61.3 Å². The number of nitrogens with zero attached hydrogens (tertiary/aromatic N) is 5. The molecule has 0 spiro atoms. The summed E-state index contributed by atoms with van der Waals surface area (Å²) in [5.74, 6) is 1.60. The van der Waals surface area contributed by atoms with Crippen molar-refractivity contribution < 1.29 is 9.18 Å². The van der Waals surface area contributed by atoms with Crippen LogP contribution in [0.25, 0.3) is 0 Å². The SMILES string of the molecule is O=C(Nc1ccc(F)cc1)c1nnc(CSc2nnc(C3CC3)n2C2CC2)s1. The maximum Gasteiger partial charge on any atom is 0.286 e. The summed E-state index contributed by atoms with van der Waals surface area (Å²) in [4.78, 5) is 12.3. The third kappa shape index (κ3) is 3.79. The Balaban J connectivity index is 1.23. The maximum absolute atomic E-state index is 13.0. The topological polar surface area (TPSA) is 85.6 Å². The molecule has 0 saturated heterocycles. The van der Waals surface area contributed by atoms with E-state index in [1.807, 2.05) is 0 Å². The summed E-state index contributed by atoms with van der Waals surface area (Å²) in [7, 11) is 0. The lowest BCUT2D eigenvalue weighted by Gasteiger charge is -2.07. The van der Waals surface area contributed by atoms with Crippen LogP contribution in [0.2, 0.25) is 0 Å². The van der Waals surface area contributed by atoms with Crippen molar-refractivity contribution in [2.75, 3.05) is 5.32 Å². The summed E-state index contributed by atoms with van der Waals surface area (Å²) in [6.07, 6.45) is 4.80. The zero-order valence-corrected chi connectivity index (χ0v) is 16.5. The molecule has 2 fully saturated rings. The van der Waals surface area contributed by atoms with Crippen LogP contribution in [-0.2, 0) is 5.75 Å². The number of carbonyl (C=O) groups is 1. The van der Waals surface area contributed by atoms with Gasteiger partial charge in [-0.2, -0.15) is 0 Å². The van der Waals surface area contributed by atoms with Gasteiger partial charge in [0.2, 0.25) is 5.01 Å². The second-order valence-electron chi connectivity index (χ2n) is 6.97. The Bertz CT molecular complexity index is 1010. The molecule has 10 heteroatoms. The predicted molar refractivity (Wildman–Crippen MR) is 104 cm³/mol. The highest BCUT2D eigenvalue weighted by atomic mass is 32.2. The van der Waals surface area contributed by atoms with Crippen molar-refractivity contribution in [3.63, 3.8) is 0 Å². The monoisotopic (exact) mass is 416 g/mol. The molecule has 0 atom stereocenters. The van der Waals surface area contributed by atoms with Gasteiger partial charge in [-0.15, -0.1) is 20.4 Å². The molecule has 144 valence electrons. The molecule has 1 N–H and O–H groups in total. The number of benzene rings is 1. The Labute approximate surface area is 168 Å². The van der Waals surface area contributed by atoms with Crippen LogP contribution >= 0.6 is 23.1 Å². The average molecular weight is 417 g/mol. The molecular weight excluding hydrogens is 399 g/mol. The lowest BCUT2D eigenvalue weighted by molar-refractivity contribution is 0.102. The van der Waals surface area contributed by atoms with E-state index in [1.54, 1.807) is 11.8 Å². The Morgan fingerprint density at radius 3 is 2.64 bits per heavy atom. The zero-order chi connectivity index (χ0) is 19.1. The number of hydrogen-bond donors (Lipinski definition) is 1. The minimum atomic E-state index is -0.350. The van der Waals surface area contributed by atoms with Crippen molar-refractivity contribution in [1.82, 2.24) is 25.0 Å². The van der Waals surface area contributed by atoms with E-state index in [0.29, 0.717) is 23.4 Å². The number of anilines is 1. The third-order valence-corrected chi connectivity index (χ3v) is 6.69. The Morgan fingerprint density at radius 2 is 1.93 bits per heavy atom. The minimum absolute atomic E-state index is 0.280. The van der Waals surface area contributed by atoms with Crippen molar-refractivity contribution in [2.24, 2.45) is 0 Å². The average Bonchev–Trinajstić information content (AvgIpc) is 3.63. The molecule has 0 bridgehead atoms. The summed E-state index contributed by atoms with van der Waals surface area (Å²) >= 11 is 2.84. The fourth-order valence-electron chi connectivity index (χ4n) is 2.93. The van der Waals surface area contributed by atoms with Gasteiger partial charge in [-0.1, -0.05) is 23.1 Å². The van der Waals surface area contributed by atoms with Crippen LogP contribution in [0, 0.1) is 5.82 Å². The molecule has 0 aliphatic heterocycles. The normalized spacial score (nSPS) is 16.3. The van der Waals surface area contributed by atoms with Gasteiger partial charge in [0.15, 0.2) is 5.16 Å². The molecule has 1 amide bonds. The van der Waals surface area contributed by atoms with Gasteiger partial charge in [-0.3, -0.25) is 4.79 Å². The van der Waals surface area contributed by atoms with Gasteiger partial charge in [-0.25, -0.2) is 4.39 Å². The molecule has 0 radical (unpaired) electrons. The molecular formula is C18H17FN6OS2. The number of carbonyl (C=O) groups excluding carboxylic acids is 1. The summed E-state index contributed by atoms with van der Waals surface area (Å²) in [5, 5.41) is 21.6. The van der Waals surface area contributed by atoms with Gasteiger partial charge >= 0.3 is 0 Å². The van der Waals surface area contributed by atoms with E-state index in [4.69, 9.17) is 0 Å². The first-order chi connectivity index (χ1) is 13.7. The van der Waals surface area contributed by atoms with Crippen LogP contribution in [0.5, 0.6) is 0 Å². The smallest absolute Gasteiger partial charge is 0.286 e. The predicted octanol–water partition coefficient (Wildman–Crippen LogP) is 4.03. The number of rotatable bonds is 7. The number of thioether (sulfide) groups is 1. The van der Waals surface area contributed by atoms with Crippen molar-refractivity contribution in [2.45, 2.75) is 48.6 Å². The van der Waals surface area contributed by atoms with Crippen LogP contribution in [0.4, 0.5) is 10.1 Å². The van der Waals surface area contributed by atoms with Gasteiger partial charge in [0.1, 0.15) is 16.6 Å². The molecule has 0 unspecified atom stereocenters. The molecule has 2 aromatic heterocycles. The number of halogens is 1. The van der Waals surface area contributed by atoms with Crippen molar-refractivity contribution in [3.8, 4) is 0 Å². The molecule has 2 aliphatic carbocycles. The first-order valence-electron chi connectivity index (χ1n) is 9.14. The third-order valence-electron chi connectivity index (χ3n) is 4.63. The molecule has 2 saturated carbocycles. The van der Waals surface area contributed by atoms with Crippen LogP contribution in [0.15, 0.2) is 29.4 Å². The number of aromatic nitrogens is 5. The van der Waals surface area contributed by atoms with Gasteiger partial charge in [0.25, 0.3) is 5.91 Å². The van der Waals surface area contributed by atoms with Crippen LogP contribution < -0.4 is 5.32 Å². The molecule has 7 nitrogen and oxygen atoms in total. The van der Waals surface area contributed by atoms with E-state index in [2.05, 4.69) is 30.3 Å². The highest BCUT2D eigenvalue weighted by molar-refractivity contribution is 7.98. The molecule has 3 aromatic rings. The Kier molecular flexibility index (Phi) is 4.59. The first kappa shape index (κ1) is 17.7. The van der Waals surface area contributed by atoms with E-state index >= 15 is 0 Å². The van der Waals surface area contributed by atoms with Gasteiger partial charge in [-0.05, 0) is 49.9 Å². The first-order valence-corrected chi connectivity index (χ1v) is 10.9. The summed E-state index contributed by atoms with van der Waals surface area (Å²) in [5.41, 5.74) is 0.516. The standard InChI is InChI=1S/C18H17FN6OS2/c19-11-3-5-12(6-4-11)20-16(26)17-23-21-14(28-17)9-27-18-24-22-15(10-1-2-10)25(18)13-7-8-13/h3-6,10,13H,1-2,7-9H2,(H,20,26). The van der Waals surface area contributed by atoms with Gasteiger partial charge in [0.05, 0.1) is 5.75 Å². The fraction of sp³-hybridized carbons (Fsp3) is 0.389. The quantitative estimate of drug-likeness (QED) is 0.586. The van der Waals surface area contributed by atoms with Crippen molar-refractivity contribution in [3.05, 3.63) is 45.9 Å². The number of hydrogen-bond acceptors (Lipinski definition) is 7. The zero-order valence-electron chi connectivity index (χ0n) is 14.8. The lowest BCUT2D eigenvalue weighted by atomic mass is 10.3. The minimum Gasteiger partial charge on any atom is -0.320 e. The van der Waals surface area contributed by atoms with E-state index in [0.717, 1.165) is 16.0 Å². The lowest BCUT2D eigenvalue weighted by Crippen LogP contribution is -2.11. The molecule has 2 heterocycles. The van der Waals surface area contributed by atoms with Crippen molar-refractivity contribution in [1.29, 1.82) is 0 Å². The molecule has 1 aromatic carbocycles. The number of nitrogens with one attached hydrogen (secondary N) is 1. The van der Waals surface area contributed by atoms with Gasteiger partial charge in [0, 0.05) is 17.6 Å². The summed E-state index contributed by atoms with van der Waals surface area (Å²) in [6.45, 7) is 0. The maximum atomic E-state index is 13.0. The van der Waals surface area contributed by atoms with E-state index < -0.39 is 0 Å². The van der Waals surface area contributed by atoms with Crippen LogP contribution in [0.1, 0.15) is 58.3 Å². The largest absolute Gasteiger partial charge is 0.320 e.